The first-order chi connectivity index (χ1) is 28.1. The van der Waals surface area contributed by atoms with Crippen molar-refractivity contribution >= 4 is 69.7 Å². The lowest BCUT2D eigenvalue weighted by Crippen LogP contribution is -2.47. The van der Waals surface area contributed by atoms with Crippen LogP contribution in [-0.4, -0.2) is 83.9 Å². The number of nitrogens with zero attached hydrogens (tertiary/aromatic N) is 2. The summed E-state index contributed by atoms with van der Waals surface area (Å²) in [5.74, 6) is -0.533. The van der Waals surface area contributed by atoms with Gasteiger partial charge in [0.2, 0.25) is 0 Å². The molecule has 14 nitrogen and oxygen atoms in total. The van der Waals surface area contributed by atoms with E-state index in [1.165, 1.54) is 23.5 Å². The minimum atomic E-state index is -1.07. The molecule has 4 heterocycles. The van der Waals surface area contributed by atoms with Gasteiger partial charge in [-0.2, -0.15) is 0 Å². The number of carbonyl (C=O) groups is 4. The summed E-state index contributed by atoms with van der Waals surface area (Å²) >= 11 is 2.66. The predicted molar refractivity (Wildman–Crippen MR) is 230 cm³/mol. The summed E-state index contributed by atoms with van der Waals surface area (Å²) in [6.07, 6.45) is 1.89. The van der Waals surface area contributed by atoms with E-state index >= 15 is 0 Å². The lowest BCUT2D eigenvalue weighted by molar-refractivity contribution is -0.136. The molecule has 0 fully saturated rings. The molecule has 2 aromatic carbocycles. The number of carbonyl (C=O) groups excluding carboxylic acids is 4. The fourth-order valence-corrected chi connectivity index (χ4v) is 7.79. The molecule has 6 rings (SSSR count). The van der Waals surface area contributed by atoms with E-state index in [4.69, 9.17) is 18.9 Å². The third-order valence-electron chi connectivity index (χ3n) is 8.24. The van der Waals surface area contributed by atoms with Crippen LogP contribution in [0.2, 0.25) is 0 Å². The van der Waals surface area contributed by atoms with Crippen molar-refractivity contribution < 1.29 is 38.1 Å². The molecule has 0 bridgehead atoms. The van der Waals surface area contributed by atoms with E-state index < -0.39 is 47.4 Å². The summed E-state index contributed by atoms with van der Waals surface area (Å²) in [6, 6.07) is 23.5. The summed E-state index contributed by atoms with van der Waals surface area (Å²) < 4.78 is 22.2. The SMILES string of the molecule is CC(C)(C)OC(=O)N[C@@H](CSCSC[C@H](NC(=O)OC(C)(C)C)C(=O)Oc1ccc(-c2cc3cccnc3[nH]2)cc1)C(=O)Oc1ccc(-c2cc3cccnc3[nH]2)cc1. The van der Waals surface area contributed by atoms with Gasteiger partial charge in [-0.3, -0.25) is 0 Å². The number of aromatic amines is 2. The average molecular weight is 839 g/mol. The Balaban J connectivity index is 1.06. The molecule has 0 aliphatic carbocycles. The maximum Gasteiger partial charge on any atom is 0.408 e. The molecule has 4 N–H and O–H groups in total. The van der Waals surface area contributed by atoms with Crippen molar-refractivity contribution in [1.29, 1.82) is 0 Å². The van der Waals surface area contributed by atoms with Crippen LogP contribution in [0.3, 0.4) is 0 Å². The highest BCUT2D eigenvalue weighted by molar-refractivity contribution is 8.16. The Hall–Kier alpha value is -6.00. The number of rotatable bonds is 14. The first kappa shape index (κ1) is 42.6. The van der Waals surface area contributed by atoms with Crippen molar-refractivity contribution in [2.24, 2.45) is 0 Å². The molecule has 0 radical (unpaired) electrons. The zero-order valence-corrected chi connectivity index (χ0v) is 35.1. The van der Waals surface area contributed by atoms with Crippen LogP contribution in [0.5, 0.6) is 11.5 Å². The van der Waals surface area contributed by atoms with Crippen LogP contribution in [-0.2, 0) is 19.1 Å². The Morgan fingerprint density at radius 2 is 1.00 bits per heavy atom. The number of amides is 2. The Morgan fingerprint density at radius 3 is 1.36 bits per heavy atom. The van der Waals surface area contributed by atoms with E-state index in [1.54, 1.807) is 78.2 Å². The molecule has 2 amide bonds. The van der Waals surface area contributed by atoms with Crippen LogP contribution in [0.25, 0.3) is 44.6 Å². The number of pyridine rings is 2. The summed E-state index contributed by atoms with van der Waals surface area (Å²) in [5, 5.41) is 7.58. The molecular weight excluding hydrogens is 793 g/mol. The van der Waals surface area contributed by atoms with Crippen LogP contribution in [0.15, 0.2) is 97.3 Å². The molecule has 0 aliphatic heterocycles. The smallest absolute Gasteiger partial charge is 0.408 e. The van der Waals surface area contributed by atoms with E-state index in [0.29, 0.717) is 16.6 Å². The first-order valence-corrected chi connectivity index (χ1v) is 21.1. The number of aromatic nitrogens is 4. The van der Waals surface area contributed by atoms with Crippen LogP contribution in [0.4, 0.5) is 9.59 Å². The van der Waals surface area contributed by atoms with Crippen LogP contribution >= 0.6 is 23.5 Å². The summed E-state index contributed by atoms with van der Waals surface area (Å²) in [6.45, 7) is 10.3. The highest BCUT2D eigenvalue weighted by Gasteiger charge is 2.28. The van der Waals surface area contributed by atoms with Gasteiger partial charge in [0.05, 0.1) is 0 Å². The molecule has 0 saturated carbocycles. The van der Waals surface area contributed by atoms with Gasteiger partial charge in [0.25, 0.3) is 0 Å². The second-order valence-electron chi connectivity index (χ2n) is 15.4. The van der Waals surface area contributed by atoms with Crippen LogP contribution < -0.4 is 20.1 Å². The third kappa shape index (κ3) is 12.5. The summed E-state index contributed by atoms with van der Waals surface area (Å²) in [5.41, 5.74) is 3.41. The summed E-state index contributed by atoms with van der Waals surface area (Å²) in [4.78, 5) is 67.6. The number of fused-ring (bicyclic) bond motifs is 2. The number of nitrogens with one attached hydrogen (secondary N) is 4. The Labute approximate surface area is 349 Å². The van der Waals surface area contributed by atoms with E-state index in [2.05, 4.69) is 30.6 Å². The number of hydrogen-bond acceptors (Lipinski definition) is 12. The van der Waals surface area contributed by atoms with Crippen molar-refractivity contribution in [2.75, 3.05) is 16.6 Å². The molecule has 0 spiro atoms. The van der Waals surface area contributed by atoms with Gasteiger partial charge in [0, 0.05) is 51.1 Å². The monoisotopic (exact) mass is 838 g/mol. The number of ether oxygens (including phenoxy) is 4. The normalized spacial score (nSPS) is 12.7. The number of esters is 2. The number of H-pyrrole nitrogens is 2. The number of alkyl carbamates (subject to hydrolysis) is 2. The van der Waals surface area contributed by atoms with Gasteiger partial charge in [-0.15, -0.1) is 23.5 Å². The van der Waals surface area contributed by atoms with Gasteiger partial charge in [0.1, 0.15) is 46.1 Å². The van der Waals surface area contributed by atoms with Gasteiger partial charge in [-0.1, -0.05) is 0 Å². The van der Waals surface area contributed by atoms with E-state index in [0.717, 1.165) is 44.6 Å². The van der Waals surface area contributed by atoms with E-state index in [9.17, 15) is 19.2 Å². The highest BCUT2D eigenvalue weighted by Crippen LogP contribution is 2.27. The molecular formula is C43H46N6O8S2. The van der Waals surface area contributed by atoms with Crippen LogP contribution in [0.1, 0.15) is 41.5 Å². The topological polar surface area (TPSA) is 187 Å². The van der Waals surface area contributed by atoms with Crippen molar-refractivity contribution in [3.63, 3.8) is 0 Å². The standard InChI is InChI=1S/C43H46N6O8S2/c1-42(2,3)56-40(52)48-34(38(50)54-30-15-11-26(12-16-30)32-21-28-9-7-19-44-36(28)46-32)23-58-25-59-24-35(49-41(53)57-43(4,5)6)39(51)55-31-17-13-27(14-18-31)33-22-29-10-8-20-45-37(29)47-33/h7-22,34-35H,23-25H2,1-6H3,(H,44,46)(H,45,47)(H,48,52)(H,49,53)/t34-,35-/m0/s1. The molecule has 308 valence electrons. The average Bonchev–Trinajstić information content (AvgIpc) is 3.81. The quantitative estimate of drug-likeness (QED) is 0.0355. The van der Waals surface area contributed by atoms with Crippen LogP contribution in [0, 0.1) is 0 Å². The van der Waals surface area contributed by atoms with Gasteiger partial charge in [-0.05, 0) is 138 Å². The largest absolute Gasteiger partial charge is 0.444 e. The van der Waals surface area contributed by atoms with Crippen molar-refractivity contribution in [3.8, 4) is 34.0 Å². The van der Waals surface area contributed by atoms with Gasteiger partial charge in [0.15, 0.2) is 0 Å². The molecule has 6 aromatic rings. The van der Waals surface area contributed by atoms with E-state index in [-0.39, 0.29) is 11.5 Å². The minimum Gasteiger partial charge on any atom is -0.444 e. The maximum absolute atomic E-state index is 13.4. The minimum absolute atomic E-state index is 0.124. The Morgan fingerprint density at radius 1 is 0.610 bits per heavy atom. The van der Waals surface area contributed by atoms with Gasteiger partial charge < -0.3 is 39.5 Å². The predicted octanol–water partition coefficient (Wildman–Crippen LogP) is 8.49. The lowest BCUT2D eigenvalue weighted by atomic mass is 10.1. The molecule has 59 heavy (non-hydrogen) atoms. The zero-order chi connectivity index (χ0) is 42.2. The fraction of sp³-hybridized carbons (Fsp3) is 0.302. The zero-order valence-electron chi connectivity index (χ0n) is 33.5. The maximum atomic E-state index is 13.4. The molecule has 0 unspecified atom stereocenters. The first-order valence-electron chi connectivity index (χ1n) is 18.7. The van der Waals surface area contributed by atoms with Gasteiger partial charge >= 0.3 is 24.1 Å². The molecule has 0 aliphatic rings. The number of benzene rings is 2. The number of thioether (sulfide) groups is 2. The van der Waals surface area contributed by atoms with Crippen molar-refractivity contribution in [1.82, 2.24) is 30.6 Å². The second-order valence-corrected chi connectivity index (χ2v) is 17.8. The Kier molecular flexibility index (Phi) is 13.5. The molecule has 0 saturated heterocycles. The Bertz CT molecular complexity index is 2170. The third-order valence-corrected chi connectivity index (χ3v) is 10.7. The highest BCUT2D eigenvalue weighted by atomic mass is 32.2. The fourth-order valence-electron chi connectivity index (χ4n) is 5.63. The molecule has 2 atom stereocenters. The van der Waals surface area contributed by atoms with E-state index in [1.807, 2.05) is 60.7 Å². The number of hydrogen-bond donors (Lipinski definition) is 4. The van der Waals surface area contributed by atoms with Crippen molar-refractivity contribution in [2.45, 2.75) is 64.8 Å². The van der Waals surface area contributed by atoms with Gasteiger partial charge in [-0.25, -0.2) is 29.1 Å². The second kappa shape index (κ2) is 18.7. The van der Waals surface area contributed by atoms with Crippen molar-refractivity contribution in [3.05, 3.63) is 97.3 Å². The molecule has 16 heteroatoms. The summed E-state index contributed by atoms with van der Waals surface area (Å²) in [7, 11) is 0. The molecule has 4 aromatic heterocycles. The lowest BCUT2D eigenvalue weighted by Gasteiger charge is -2.23.